The minimum absolute atomic E-state index is 0. The van der Waals surface area contributed by atoms with Gasteiger partial charge in [-0.2, -0.15) is 0 Å². The van der Waals surface area contributed by atoms with Crippen LogP contribution in [0.4, 0.5) is 0 Å². The molecule has 7 heteroatoms. The van der Waals surface area contributed by atoms with Gasteiger partial charge >= 0.3 is 0 Å². The summed E-state index contributed by atoms with van der Waals surface area (Å²) in [4.78, 5) is 7.73. The van der Waals surface area contributed by atoms with Crippen LogP contribution in [0.25, 0.3) is 0 Å². The van der Waals surface area contributed by atoms with Gasteiger partial charge in [0.05, 0.1) is 10.8 Å². The van der Waals surface area contributed by atoms with E-state index in [4.69, 9.17) is 11.6 Å². The molecule has 0 spiro atoms. The smallest absolute Gasteiger partial charge is 0.133 e. The minimum atomic E-state index is -1.06. The molecule has 1 aliphatic rings. The van der Waals surface area contributed by atoms with Gasteiger partial charge in [0.1, 0.15) is 16.5 Å². The molecular formula is C9H13Cl2N3OS. The normalized spacial score (nSPS) is 21.4. The summed E-state index contributed by atoms with van der Waals surface area (Å²) in [6.07, 6.45) is 2.44. The van der Waals surface area contributed by atoms with E-state index >= 15 is 0 Å². The fourth-order valence-electron chi connectivity index (χ4n) is 1.60. The second-order valence-corrected chi connectivity index (χ2v) is 5.38. The second kappa shape index (κ2) is 6.49. The monoisotopic (exact) mass is 281 g/mol. The molecule has 2 unspecified atom stereocenters. The van der Waals surface area contributed by atoms with E-state index in [0.29, 0.717) is 21.8 Å². The molecule has 16 heavy (non-hydrogen) atoms. The largest absolute Gasteiger partial charge is 0.316 e. The van der Waals surface area contributed by atoms with Crippen molar-refractivity contribution in [2.75, 3.05) is 18.8 Å². The van der Waals surface area contributed by atoms with Crippen LogP contribution in [0.3, 0.4) is 0 Å². The van der Waals surface area contributed by atoms with Gasteiger partial charge < -0.3 is 5.32 Å². The molecule has 1 aromatic heterocycles. The van der Waals surface area contributed by atoms with E-state index in [2.05, 4.69) is 15.3 Å². The molecule has 0 amide bonds. The van der Waals surface area contributed by atoms with Crippen LogP contribution in [-0.2, 0) is 10.8 Å². The summed E-state index contributed by atoms with van der Waals surface area (Å²) in [5.74, 6) is 1.14. The lowest BCUT2D eigenvalue weighted by Gasteiger charge is -2.06. The van der Waals surface area contributed by atoms with E-state index in [1.54, 1.807) is 6.07 Å². The van der Waals surface area contributed by atoms with Crippen molar-refractivity contribution < 1.29 is 4.21 Å². The first-order valence-corrected chi connectivity index (χ1v) is 6.52. The maximum atomic E-state index is 11.9. The molecule has 0 saturated carbocycles. The zero-order valence-electron chi connectivity index (χ0n) is 8.56. The van der Waals surface area contributed by atoms with E-state index in [-0.39, 0.29) is 12.4 Å². The molecule has 2 atom stereocenters. The van der Waals surface area contributed by atoms with Crippen LogP contribution in [0.1, 0.15) is 6.42 Å². The number of halogens is 2. The first-order valence-electron chi connectivity index (χ1n) is 4.82. The summed E-state index contributed by atoms with van der Waals surface area (Å²) in [6.45, 7) is 1.97. The molecule has 1 aliphatic heterocycles. The van der Waals surface area contributed by atoms with Gasteiger partial charge in [-0.25, -0.2) is 9.97 Å². The SMILES string of the molecule is Cl.O=S(CC1CCNC1)c1cc(Cl)ncn1. The maximum Gasteiger partial charge on any atom is 0.133 e. The lowest BCUT2D eigenvalue weighted by atomic mass is 10.2. The molecule has 2 rings (SSSR count). The lowest BCUT2D eigenvalue weighted by Crippen LogP contribution is -2.15. The van der Waals surface area contributed by atoms with Crippen molar-refractivity contribution in [3.63, 3.8) is 0 Å². The molecule has 0 aliphatic carbocycles. The molecule has 2 heterocycles. The highest BCUT2D eigenvalue weighted by atomic mass is 35.5. The predicted octanol–water partition coefficient (Wildman–Crippen LogP) is 1.27. The molecule has 1 N–H and O–H groups in total. The molecule has 1 saturated heterocycles. The van der Waals surface area contributed by atoms with Gasteiger partial charge in [0, 0.05) is 11.8 Å². The molecule has 0 aromatic carbocycles. The molecule has 1 aromatic rings. The number of hydrogen-bond acceptors (Lipinski definition) is 4. The molecular weight excluding hydrogens is 269 g/mol. The van der Waals surface area contributed by atoms with Gasteiger partial charge in [-0.15, -0.1) is 12.4 Å². The molecule has 0 radical (unpaired) electrons. The summed E-state index contributed by atoms with van der Waals surface area (Å²) in [7, 11) is -1.06. The third-order valence-electron chi connectivity index (χ3n) is 2.39. The fourth-order valence-corrected chi connectivity index (χ4v) is 3.10. The summed E-state index contributed by atoms with van der Waals surface area (Å²) >= 11 is 5.71. The van der Waals surface area contributed by atoms with Crippen LogP contribution in [0.5, 0.6) is 0 Å². The Kier molecular flexibility index (Phi) is 5.61. The topological polar surface area (TPSA) is 54.9 Å². The van der Waals surface area contributed by atoms with Crippen molar-refractivity contribution in [3.8, 4) is 0 Å². The standard InChI is InChI=1S/C9H12ClN3OS.ClH/c10-8-3-9(13-6-12-8)15(14)5-7-1-2-11-4-7;/h3,6-7,11H,1-2,4-5H2;1H. The second-order valence-electron chi connectivity index (χ2n) is 3.55. The van der Waals surface area contributed by atoms with Gasteiger partial charge in [-0.3, -0.25) is 4.21 Å². The van der Waals surface area contributed by atoms with Gasteiger partial charge in [-0.1, -0.05) is 11.6 Å². The Labute approximate surface area is 108 Å². The molecule has 1 fully saturated rings. The van der Waals surface area contributed by atoms with Crippen molar-refractivity contribution in [2.24, 2.45) is 5.92 Å². The zero-order valence-corrected chi connectivity index (χ0v) is 10.9. The Morgan fingerprint density at radius 3 is 3.00 bits per heavy atom. The van der Waals surface area contributed by atoms with Crippen molar-refractivity contribution in [3.05, 3.63) is 17.5 Å². The van der Waals surface area contributed by atoms with E-state index in [1.807, 2.05) is 0 Å². The first-order chi connectivity index (χ1) is 7.25. The van der Waals surface area contributed by atoms with Crippen molar-refractivity contribution in [1.29, 1.82) is 0 Å². The molecule has 0 bridgehead atoms. The minimum Gasteiger partial charge on any atom is -0.316 e. The number of hydrogen-bond donors (Lipinski definition) is 1. The summed E-state index contributed by atoms with van der Waals surface area (Å²) < 4.78 is 11.9. The van der Waals surface area contributed by atoms with Crippen LogP contribution in [0, 0.1) is 5.92 Å². The van der Waals surface area contributed by atoms with Crippen LogP contribution in [-0.4, -0.2) is 33.0 Å². The van der Waals surface area contributed by atoms with Gasteiger partial charge in [0.15, 0.2) is 0 Å². The van der Waals surface area contributed by atoms with Crippen LogP contribution < -0.4 is 5.32 Å². The van der Waals surface area contributed by atoms with Crippen molar-refractivity contribution >= 4 is 34.8 Å². The maximum absolute atomic E-state index is 11.9. The summed E-state index contributed by atoms with van der Waals surface area (Å²) in [5.41, 5.74) is 0. The average Bonchev–Trinajstić information content (AvgIpc) is 2.70. The van der Waals surface area contributed by atoms with Crippen LogP contribution in [0.2, 0.25) is 5.15 Å². The van der Waals surface area contributed by atoms with Gasteiger partial charge in [-0.05, 0) is 25.4 Å². The Morgan fingerprint density at radius 2 is 2.38 bits per heavy atom. The number of nitrogens with one attached hydrogen (secondary N) is 1. The first kappa shape index (κ1) is 13.8. The Bertz CT molecular complexity index is 372. The van der Waals surface area contributed by atoms with E-state index < -0.39 is 10.8 Å². The third kappa shape index (κ3) is 3.66. The number of rotatable bonds is 3. The highest BCUT2D eigenvalue weighted by molar-refractivity contribution is 7.85. The Balaban J connectivity index is 0.00000128. The zero-order chi connectivity index (χ0) is 10.7. The van der Waals surface area contributed by atoms with E-state index in [9.17, 15) is 4.21 Å². The highest BCUT2D eigenvalue weighted by Gasteiger charge is 2.18. The Morgan fingerprint density at radius 1 is 1.56 bits per heavy atom. The Hall–Kier alpha value is -0.230. The number of nitrogens with zero attached hydrogens (tertiary/aromatic N) is 2. The highest BCUT2D eigenvalue weighted by Crippen LogP contribution is 2.14. The third-order valence-corrected chi connectivity index (χ3v) is 4.06. The van der Waals surface area contributed by atoms with Crippen molar-refractivity contribution in [1.82, 2.24) is 15.3 Å². The summed E-state index contributed by atoms with van der Waals surface area (Å²) in [6, 6.07) is 1.57. The predicted molar refractivity (Wildman–Crippen MR) is 66.5 cm³/mol. The molecule has 4 nitrogen and oxygen atoms in total. The van der Waals surface area contributed by atoms with Gasteiger partial charge in [0.25, 0.3) is 0 Å². The summed E-state index contributed by atoms with van der Waals surface area (Å²) in [5, 5.41) is 4.12. The van der Waals surface area contributed by atoms with Crippen LogP contribution >= 0.6 is 24.0 Å². The lowest BCUT2D eigenvalue weighted by molar-refractivity contribution is 0.630. The van der Waals surface area contributed by atoms with Crippen molar-refractivity contribution in [2.45, 2.75) is 11.4 Å². The fraction of sp³-hybridized carbons (Fsp3) is 0.556. The van der Waals surface area contributed by atoms with Gasteiger partial charge in [0.2, 0.25) is 0 Å². The quantitative estimate of drug-likeness (QED) is 0.848. The van der Waals surface area contributed by atoms with E-state index in [1.165, 1.54) is 6.33 Å². The number of aromatic nitrogens is 2. The average molecular weight is 282 g/mol. The van der Waals surface area contributed by atoms with Crippen LogP contribution in [0.15, 0.2) is 17.4 Å². The molecule has 90 valence electrons. The van der Waals surface area contributed by atoms with E-state index in [0.717, 1.165) is 19.5 Å².